The van der Waals surface area contributed by atoms with Crippen LogP contribution in [0.25, 0.3) is 0 Å². The van der Waals surface area contributed by atoms with Gasteiger partial charge in [0.1, 0.15) is 0 Å². The standard InChI is InChI=1S/C8H17NO2S/c10-12(11)6-2-4-8-3-1-5-9-7-8/h8-9H,1-7H2,(H,10,11)/p-1. The fraction of sp³-hybridized carbons (Fsp3) is 1.00. The minimum absolute atomic E-state index is 0.330. The summed E-state index contributed by atoms with van der Waals surface area (Å²) in [4.78, 5) is 0. The molecule has 1 aliphatic heterocycles. The molecule has 3 nitrogen and oxygen atoms in total. The van der Waals surface area contributed by atoms with Crippen LogP contribution in [-0.2, 0) is 11.1 Å². The van der Waals surface area contributed by atoms with E-state index >= 15 is 0 Å². The Kier molecular flexibility index (Phi) is 4.80. The zero-order chi connectivity index (χ0) is 8.81. The maximum atomic E-state index is 10.2. The molecule has 1 fully saturated rings. The molecule has 0 spiro atoms. The van der Waals surface area contributed by atoms with Crippen molar-refractivity contribution in [3.63, 3.8) is 0 Å². The summed E-state index contributed by atoms with van der Waals surface area (Å²) in [5, 5.41) is 3.32. The van der Waals surface area contributed by atoms with Crippen LogP contribution in [0.15, 0.2) is 0 Å². The summed E-state index contributed by atoms with van der Waals surface area (Å²) in [6, 6.07) is 0. The highest BCUT2D eigenvalue weighted by Gasteiger charge is 2.11. The molecule has 12 heavy (non-hydrogen) atoms. The van der Waals surface area contributed by atoms with Crippen molar-refractivity contribution in [2.75, 3.05) is 18.8 Å². The van der Waals surface area contributed by atoms with E-state index in [9.17, 15) is 8.76 Å². The molecule has 0 aromatic heterocycles. The number of hydrogen-bond donors (Lipinski definition) is 1. The monoisotopic (exact) mass is 190 g/mol. The van der Waals surface area contributed by atoms with E-state index in [1.165, 1.54) is 12.8 Å². The largest absolute Gasteiger partial charge is 0.772 e. The molecule has 0 radical (unpaired) electrons. The molecule has 2 unspecified atom stereocenters. The van der Waals surface area contributed by atoms with Crippen molar-refractivity contribution in [1.29, 1.82) is 0 Å². The second kappa shape index (κ2) is 5.67. The molecule has 1 saturated heterocycles. The molecule has 1 rings (SSSR count). The van der Waals surface area contributed by atoms with Gasteiger partial charge in [0.25, 0.3) is 0 Å². The first kappa shape index (κ1) is 10.2. The quantitative estimate of drug-likeness (QED) is 0.662. The maximum Gasteiger partial charge on any atom is 0.0102 e. The third-order valence-electron chi connectivity index (χ3n) is 2.32. The van der Waals surface area contributed by atoms with Gasteiger partial charge in [-0.2, -0.15) is 0 Å². The van der Waals surface area contributed by atoms with Crippen molar-refractivity contribution in [1.82, 2.24) is 5.32 Å². The molecular weight excluding hydrogens is 174 g/mol. The van der Waals surface area contributed by atoms with Crippen LogP contribution in [0.2, 0.25) is 0 Å². The summed E-state index contributed by atoms with van der Waals surface area (Å²) in [5.74, 6) is 1.04. The van der Waals surface area contributed by atoms with E-state index in [1.54, 1.807) is 0 Å². The number of hydrogen-bond acceptors (Lipinski definition) is 3. The van der Waals surface area contributed by atoms with Gasteiger partial charge in [0, 0.05) is 5.75 Å². The fourth-order valence-corrected chi connectivity index (χ4v) is 2.06. The van der Waals surface area contributed by atoms with Gasteiger partial charge < -0.3 is 9.87 Å². The van der Waals surface area contributed by atoms with E-state index in [1.807, 2.05) is 0 Å². The number of rotatable bonds is 4. The highest BCUT2D eigenvalue weighted by molar-refractivity contribution is 7.79. The molecule has 0 aromatic rings. The lowest BCUT2D eigenvalue weighted by atomic mass is 9.95. The van der Waals surface area contributed by atoms with Gasteiger partial charge in [-0.1, -0.05) is 11.1 Å². The van der Waals surface area contributed by atoms with Gasteiger partial charge >= 0.3 is 0 Å². The Balaban J connectivity index is 2.01. The predicted molar refractivity (Wildman–Crippen MR) is 48.6 cm³/mol. The predicted octanol–water partition coefficient (Wildman–Crippen LogP) is 0.645. The lowest BCUT2D eigenvalue weighted by Crippen LogP contribution is -2.29. The summed E-state index contributed by atoms with van der Waals surface area (Å²) in [6.07, 6.45) is 4.38. The minimum Gasteiger partial charge on any atom is -0.772 e. The SMILES string of the molecule is O=S([O-])CCCC1CCCNC1. The lowest BCUT2D eigenvalue weighted by Gasteiger charge is -2.22. The molecule has 0 saturated carbocycles. The van der Waals surface area contributed by atoms with Crippen LogP contribution in [0, 0.1) is 5.92 Å². The van der Waals surface area contributed by atoms with Gasteiger partial charge in [0.15, 0.2) is 0 Å². The Hall–Kier alpha value is 0.0700. The van der Waals surface area contributed by atoms with Gasteiger partial charge in [0.05, 0.1) is 0 Å². The Morgan fingerprint density at radius 2 is 2.42 bits per heavy atom. The Morgan fingerprint density at radius 3 is 3.00 bits per heavy atom. The molecule has 1 aliphatic rings. The molecular formula is C8H16NO2S-. The van der Waals surface area contributed by atoms with Crippen molar-refractivity contribution in [3.05, 3.63) is 0 Å². The maximum absolute atomic E-state index is 10.2. The first-order valence-electron chi connectivity index (χ1n) is 4.55. The van der Waals surface area contributed by atoms with Crippen LogP contribution in [-0.4, -0.2) is 27.6 Å². The van der Waals surface area contributed by atoms with Crippen LogP contribution >= 0.6 is 0 Å². The molecule has 0 amide bonds. The molecule has 72 valence electrons. The zero-order valence-corrected chi connectivity index (χ0v) is 8.07. The van der Waals surface area contributed by atoms with Gasteiger partial charge in [-0.3, -0.25) is 4.21 Å². The highest BCUT2D eigenvalue weighted by atomic mass is 32.2. The van der Waals surface area contributed by atoms with Gasteiger partial charge in [-0.25, -0.2) is 0 Å². The van der Waals surface area contributed by atoms with Crippen molar-refractivity contribution in [2.45, 2.75) is 25.7 Å². The summed E-state index contributed by atoms with van der Waals surface area (Å²) in [6.45, 7) is 2.20. The van der Waals surface area contributed by atoms with E-state index in [2.05, 4.69) is 5.32 Å². The third-order valence-corrected chi connectivity index (χ3v) is 2.94. The van der Waals surface area contributed by atoms with Crippen LogP contribution in [0.1, 0.15) is 25.7 Å². The van der Waals surface area contributed by atoms with E-state index in [4.69, 9.17) is 0 Å². The molecule has 2 atom stereocenters. The summed E-state index contributed by atoms with van der Waals surface area (Å²) >= 11 is -1.84. The van der Waals surface area contributed by atoms with Gasteiger partial charge in [-0.15, -0.1) is 0 Å². The number of piperidine rings is 1. The van der Waals surface area contributed by atoms with Crippen molar-refractivity contribution < 1.29 is 8.76 Å². The lowest BCUT2D eigenvalue weighted by molar-refractivity contribution is 0.355. The Bertz CT molecular complexity index is 146. The topological polar surface area (TPSA) is 52.2 Å². The third kappa shape index (κ3) is 4.18. The average molecular weight is 190 g/mol. The second-order valence-corrected chi connectivity index (χ2v) is 4.38. The first-order chi connectivity index (χ1) is 5.79. The van der Waals surface area contributed by atoms with Gasteiger partial charge in [-0.05, 0) is 44.7 Å². The average Bonchev–Trinajstić information content (AvgIpc) is 2.05. The number of nitrogens with one attached hydrogen (secondary N) is 1. The molecule has 0 aliphatic carbocycles. The molecule has 0 aromatic carbocycles. The minimum atomic E-state index is -1.84. The van der Waals surface area contributed by atoms with Crippen LogP contribution < -0.4 is 5.32 Å². The highest BCUT2D eigenvalue weighted by Crippen LogP contribution is 2.15. The van der Waals surface area contributed by atoms with E-state index in [-0.39, 0.29) is 0 Å². The normalized spacial score (nSPS) is 26.9. The van der Waals surface area contributed by atoms with Gasteiger partial charge in [0.2, 0.25) is 0 Å². The second-order valence-electron chi connectivity index (χ2n) is 3.36. The molecule has 0 bridgehead atoms. The summed E-state index contributed by atoms with van der Waals surface area (Å²) < 4.78 is 20.5. The summed E-state index contributed by atoms with van der Waals surface area (Å²) in [7, 11) is 0. The van der Waals surface area contributed by atoms with Crippen LogP contribution in [0.4, 0.5) is 0 Å². The van der Waals surface area contributed by atoms with Crippen molar-refractivity contribution >= 4 is 11.1 Å². The van der Waals surface area contributed by atoms with Crippen molar-refractivity contribution in [3.8, 4) is 0 Å². The van der Waals surface area contributed by atoms with Crippen molar-refractivity contribution in [2.24, 2.45) is 5.92 Å². The Morgan fingerprint density at radius 1 is 1.58 bits per heavy atom. The summed E-state index contributed by atoms with van der Waals surface area (Å²) in [5.41, 5.74) is 0. The van der Waals surface area contributed by atoms with E-state index in [0.29, 0.717) is 11.7 Å². The molecule has 1 N–H and O–H groups in total. The first-order valence-corrected chi connectivity index (χ1v) is 5.80. The zero-order valence-electron chi connectivity index (χ0n) is 7.25. The molecule has 1 heterocycles. The van der Waals surface area contributed by atoms with Crippen LogP contribution in [0.3, 0.4) is 0 Å². The van der Waals surface area contributed by atoms with E-state index in [0.717, 1.165) is 25.9 Å². The Labute approximate surface area is 76.2 Å². The fourth-order valence-electron chi connectivity index (χ4n) is 1.66. The van der Waals surface area contributed by atoms with E-state index < -0.39 is 11.1 Å². The molecule has 4 heteroatoms. The van der Waals surface area contributed by atoms with Crippen LogP contribution in [0.5, 0.6) is 0 Å². The smallest absolute Gasteiger partial charge is 0.0102 e.